The molecular weight excluding hydrogens is 388 g/mol. The fourth-order valence-corrected chi connectivity index (χ4v) is 4.28. The lowest BCUT2D eigenvalue weighted by Gasteiger charge is -2.19. The molecule has 0 aliphatic heterocycles. The molecule has 1 atom stereocenters. The van der Waals surface area contributed by atoms with Gasteiger partial charge in [-0.25, -0.2) is 9.67 Å². The smallest absolute Gasteiger partial charge is 0.272 e. The topological polar surface area (TPSA) is 77.6 Å². The summed E-state index contributed by atoms with van der Waals surface area (Å²) in [6, 6.07) is 17.9. The van der Waals surface area contributed by atoms with E-state index in [9.17, 15) is 4.79 Å². The van der Waals surface area contributed by atoms with E-state index in [1.54, 1.807) is 11.0 Å². The van der Waals surface area contributed by atoms with Crippen molar-refractivity contribution in [3.05, 3.63) is 95.3 Å². The third kappa shape index (κ3) is 3.74. The van der Waals surface area contributed by atoms with Gasteiger partial charge in [-0.05, 0) is 43.4 Å². The van der Waals surface area contributed by atoms with Gasteiger partial charge in [0.1, 0.15) is 12.7 Å². The number of carbonyl (C=O) groups is 1. The first-order chi connectivity index (χ1) is 15.2. The van der Waals surface area contributed by atoms with E-state index >= 15 is 0 Å². The summed E-state index contributed by atoms with van der Waals surface area (Å²) in [7, 11) is 0. The molecule has 1 unspecified atom stereocenters. The lowest BCUT2D eigenvalue weighted by molar-refractivity contribution is 0.0925. The van der Waals surface area contributed by atoms with Crippen LogP contribution in [0.2, 0.25) is 0 Å². The van der Waals surface area contributed by atoms with Crippen LogP contribution in [0.3, 0.4) is 0 Å². The van der Waals surface area contributed by atoms with Crippen molar-refractivity contribution in [3.63, 3.8) is 0 Å². The minimum Gasteiger partial charge on any atom is -0.342 e. The fourth-order valence-electron chi connectivity index (χ4n) is 4.28. The number of hydrogen-bond donors (Lipinski definition) is 1. The molecule has 2 aromatic heterocycles. The van der Waals surface area contributed by atoms with Crippen LogP contribution in [0.25, 0.3) is 5.69 Å². The van der Waals surface area contributed by atoms with Crippen molar-refractivity contribution in [2.75, 3.05) is 0 Å². The van der Waals surface area contributed by atoms with Gasteiger partial charge in [-0.3, -0.25) is 9.48 Å². The number of aryl methyl sites for hydroxylation is 1. The Morgan fingerprint density at radius 1 is 1.10 bits per heavy atom. The van der Waals surface area contributed by atoms with E-state index in [1.807, 2.05) is 47.1 Å². The van der Waals surface area contributed by atoms with Crippen LogP contribution in [0.1, 0.15) is 45.3 Å². The van der Waals surface area contributed by atoms with E-state index in [0.29, 0.717) is 12.2 Å². The molecule has 0 spiro atoms. The summed E-state index contributed by atoms with van der Waals surface area (Å²) >= 11 is 0. The molecule has 1 amide bonds. The van der Waals surface area contributed by atoms with Crippen LogP contribution >= 0.6 is 0 Å². The molecule has 0 bridgehead atoms. The molecule has 4 aromatic rings. The van der Waals surface area contributed by atoms with E-state index in [-0.39, 0.29) is 11.9 Å². The summed E-state index contributed by atoms with van der Waals surface area (Å²) in [5.74, 6) is -0.153. The molecule has 0 radical (unpaired) electrons. The van der Waals surface area contributed by atoms with E-state index in [0.717, 1.165) is 47.3 Å². The van der Waals surface area contributed by atoms with Crippen molar-refractivity contribution >= 4 is 5.91 Å². The Morgan fingerprint density at radius 3 is 2.68 bits per heavy atom. The number of rotatable bonds is 6. The van der Waals surface area contributed by atoms with Gasteiger partial charge < -0.3 is 5.32 Å². The molecule has 7 nitrogen and oxygen atoms in total. The monoisotopic (exact) mass is 412 g/mol. The molecule has 1 aliphatic carbocycles. The largest absolute Gasteiger partial charge is 0.342 e. The Bertz CT molecular complexity index is 1200. The molecule has 7 heteroatoms. The van der Waals surface area contributed by atoms with E-state index in [2.05, 4.69) is 34.5 Å². The summed E-state index contributed by atoms with van der Waals surface area (Å²) in [5, 5.41) is 12.2. The third-order valence-corrected chi connectivity index (χ3v) is 5.83. The highest BCUT2D eigenvalue weighted by molar-refractivity contribution is 5.94. The quantitative estimate of drug-likeness (QED) is 0.526. The van der Waals surface area contributed by atoms with Crippen molar-refractivity contribution in [2.24, 2.45) is 0 Å². The maximum atomic E-state index is 13.4. The van der Waals surface area contributed by atoms with Gasteiger partial charge in [0.15, 0.2) is 5.69 Å². The third-order valence-electron chi connectivity index (χ3n) is 5.83. The molecule has 1 aliphatic rings. The number of benzene rings is 2. The first kappa shape index (κ1) is 19.2. The van der Waals surface area contributed by atoms with Crippen LogP contribution in [0.15, 0.2) is 67.3 Å². The minimum atomic E-state index is -0.240. The highest BCUT2D eigenvalue weighted by atomic mass is 16.2. The lowest BCUT2D eigenvalue weighted by atomic mass is 10.1. The number of para-hydroxylation sites is 1. The minimum absolute atomic E-state index is 0.153. The zero-order valence-corrected chi connectivity index (χ0v) is 17.4. The molecule has 0 saturated carbocycles. The second-order valence-corrected chi connectivity index (χ2v) is 7.88. The molecule has 2 heterocycles. The van der Waals surface area contributed by atoms with Gasteiger partial charge in [0.05, 0.1) is 18.3 Å². The predicted molar refractivity (Wildman–Crippen MR) is 117 cm³/mol. The normalized spacial score (nSPS) is 13.7. The zero-order valence-electron chi connectivity index (χ0n) is 17.4. The summed E-state index contributed by atoms with van der Waals surface area (Å²) < 4.78 is 3.69. The van der Waals surface area contributed by atoms with Crippen LogP contribution in [-0.4, -0.2) is 30.5 Å². The highest BCUT2D eigenvalue weighted by Gasteiger charge is 2.28. The summed E-state index contributed by atoms with van der Waals surface area (Å²) in [6.07, 6.45) is 6.02. The number of nitrogens with one attached hydrogen (secondary N) is 1. The first-order valence-corrected chi connectivity index (χ1v) is 10.6. The molecule has 0 fully saturated rings. The maximum Gasteiger partial charge on any atom is 0.272 e. The Hall–Kier alpha value is -3.74. The van der Waals surface area contributed by atoms with Crippen LogP contribution in [0, 0.1) is 6.92 Å². The molecule has 156 valence electrons. The van der Waals surface area contributed by atoms with Crippen LogP contribution in [0.4, 0.5) is 0 Å². The number of aromatic nitrogens is 5. The molecule has 2 aromatic carbocycles. The number of amides is 1. The first-order valence-electron chi connectivity index (χ1n) is 10.6. The number of fused-ring (bicyclic) bond motifs is 1. The Labute approximate surface area is 180 Å². The summed E-state index contributed by atoms with van der Waals surface area (Å²) in [4.78, 5) is 17.4. The van der Waals surface area contributed by atoms with Crippen molar-refractivity contribution in [3.8, 4) is 5.69 Å². The molecular formula is C24H24N6O. The van der Waals surface area contributed by atoms with E-state index < -0.39 is 0 Å². The number of hydrogen-bond acceptors (Lipinski definition) is 4. The van der Waals surface area contributed by atoms with Crippen molar-refractivity contribution in [1.82, 2.24) is 29.9 Å². The number of carbonyl (C=O) groups excluding carboxylic acids is 1. The second kappa shape index (κ2) is 8.18. The van der Waals surface area contributed by atoms with Gasteiger partial charge in [-0.2, -0.15) is 10.2 Å². The Kier molecular flexibility index (Phi) is 5.08. The van der Waals surface area contributed by atoms with Gasteiger partial charge in [-0.1, -0.05) is 48.5 Å². The standard InChI is InChI=1S/C24H24N6O/c1-17-8-5-6-12-21(17)30-22-13-7-11-19(22)23(28-30)24(31)27-20(14-29-16-25-15-26-29)18-9-3-2-4-10-18/h2-6,8-10,12,15-16,20H,7,11,13-14H2,1H3,(H,27,31). The van der Waals surface area contributed by atoms with Crippen molar-refractivity contribution in [2.45, 2.75) is 38.8 Å². The van der Waals surface area contributed by atoms with E-state index in [1.165, 1.54) is 6.33 Å². The predicted octanol–water partition coefficient (Wildman–Crippen LogP) is 3.43. The molecule has 1 N–H and O–H groups in total. The zero-order chi connectivity index (χ0) is 21.2. The summed E-state index contributed by atoms with van der Waals surface area (Å²) in [5.41, 5.74) is 5.92. The van der Waals surface area contributed by atoms with E-state index in [4.69, 9.17) is 5.10 Å². The van der Waals surface area contributed by atoms with Gasteiger partial charge in [0.25, 0.3) is 5.91 Å². The van der Waals surface area contributed by atoms with Crippen molar-refractivity contribution in [1.29, 1.82) is 0 Å². The maximum absolute atomic E-state index is 13.4. The average Bonchev–Trinajstić information content (AvgIpc) is 3.53. The fraction of sp³-hybridized carbons (Fsp3) is 0.250. The molecule has 31 heavy (non-hydrogen) atoms. The van der Waals surface area contributed by atoms with Gasteiger partial charge in [0.2, 0.25) is 0 Å². The average molecular weight is 412 g/mol. The van der Waals surface area contributed by atoms with Crippen LogP contribution in [0.5, 0.6) is 0 Å². The number of nitrogens with zero attached hydrogens (tertiary/aromatic N) is 5. The second-order valence-electron chi connectivity index (χ2n) is 7.88. The van der Waals surface area contributed by atoms with Crippen molar-refractivity contribution < 1.29 is 4.79 Å². The highest BCUT2D eigenvalue weighted by Crippen LogP contribution is 2.29. The summed E-state index contributed by atoms with van der Waals surface area (Å²) in [6.45, 7) is 2.57. The van der Waals surface area contributed by atoms with Gasteiger partial charge in [-0.15, -0.1) is 0 Å². The van der Waals surface area contributed by atoms with Crippen LogP contribution in [-0.2, 0) is 19.4 Å². The molecule has 5 rings (SSSR count). The Balaban J connectivity index is 1.48. The Morgan fingerprint density at radius 2 is 1.90 bits per heavy atom. The SMILES string of the molecule is Cc1ccccc1-n1nc(C(=O)NC(Cn2cncn2)c2ccccc2)c2c1CCC2. The molecule has 0 saturated heterocycles. The van der Waals surface area contributed by atoms with Gasteiger partial charge >= 0.3 is 0 Å². The van der Waals surface area contributed by atoms with Crippen LogP contribution < -0.4 is 5.32 Å². The van der Waals surface area contributed by atoms with Gasteiger partial charge in [0, 0.05) is 11.3 Å². The lowest BCUT2D eigenvalue weighted by Crippen LogP contribution is -2.32.